The Bertz CT molecular complexity index is 1580. The van der Waals surface area contributed by atoms with E-state index in [4.69, 9.17) is 15.2 Å². The second-order valence-corrected chi connectivity index (χ2v) is 15.5. The number of amidine groups is 1. The predicted molar refractivity (Wildman–Crippen MR) is 157 cm³/mol. The highest BCUT2D eigenvalue weighted by molar-refractivity contribution is 7.90. The fourth-order valence-corrected chi connectivity index (χ4v) is 7.94. The molecular weight excluding hydrogens is 625 g/mol. The average Bonchev–Trinajstić information content (AvgIpc) is 3.41. The first-order chi connectivity index (χ1) is 20.6. The fraction of sp³-hybridized carbons (Fsp3) is 0.593. The Morgan fingerprint density at radius 1 is 1.16 bits per heavy atom. The van der Waals surface area contributed by atoms with E-state index in [0.29, 0.717) is 45.2 Å². The number of methoxy groups -OCH3 is 1. The van der Waals surface area contributed by atoms with Gasteiger partial charge in [-0.15, -0.1) is 0 Å². The molecule has 44 heavy (non-hydrogen) atoms. The molecule has 4 heterocycles. The zero-order valence-corrected chi connectivity index (χ0v) is 26.1. The molecule has 1 atom stereocenters. The predicted octanol–water partition coefficient (Wildman–Crippen LogP) is 0.684. The first kappa shape index (κ1) is 32.7. The fourth-order valence-electron chi connectivity index (χ4n) is 5.98. The molecule has 5 rings (SSSR count). The summed E-state index contributed by atoms with van der Waals surface area (Å²) in [5, 5.41) is 5.65. The first-order valence-corrected chi connectivity index (χ1v) is 17.7. The number of sulfone groups is 1. The number of sulfonamides is 1. The number of ether oxygens (including phenoxy) is 2. The maximum atomic E-state index is 13.8. The monoisotopic (exact) mass is 662 g/mol. The molecule has 4 aliphatic heterocycles. The van der Waals surface area contributed by atoms with Crippen LogP contribution in [0.4, 0.5) is 13.2 Å². The second-order valence-electron chi connectivity index (χ2n) is 11.3. The van der Waals surface area contributed by atoms with Crippen LogP contribution in [0.15, 0.2) is 51.0 Å². The minimum atomic E-state index is -4.68. The molecule has 0 amide bonds. The van der Waals surface area contributed by atoms with E-state index in [1.165, 1.54) is 35.7 Å². The zero-order valence-electron chi connectivity index (χ0n) is 24.5. The van der Waals surface area contributed by atoms with Gasteiger partial charge in [0, 0.05) is 67.9 Å². The van der Waals surface area contributed by atoms with E-state index in [0.717, 1.165) is 19.3 Å². The molecule has 2 fully saturated rings. The van der Waals surface area contributed by atoms with Gasteiger partial charge in [-0.05, 0) is 31.1 Å². The molecule has 0 bridgehead atoms. The number of halogens is 3. The van der Waals surface area contributed by atoms with Gasteiger partial charge in [-0.1, -0.05) is 0 Å². The summed E-state index contributed by atoms with van der Waals surface area (Å²) in [5.41, 5.74) is 4.10. The van der Waals surface area contributed by atoms with Crippen molar-refractivity contribution in [1.82, 2.24) is 19.8 Å². The Labute approximate surface area is 255 Å². The van der Waals surface area contributed by atoms with Gasteiger partial charge in [0.15, 0.2) is 0 Å². The Balaban J connectivity index is 1.43. The highest BCUT2D eigenvalue weighted by Crippen LogP contribution is 2.40. The Morgan fingerprint density at radius 3 is 2.45 bits per heavy atom. The SMILES string of the molecule is COc1cc(S(=O)(=O)N2CCC(N3CCOCC3)CC2)ccc1C1(N)C=C(NCCS(C)(=O)=O)C2=C(C(F)(F)F)CN=C2N1. The lowest BCUT2D eigenvalue weighted by Gasteiger charge is -2.39. The number of hydrogen-bond donors (Lipinski definition) is 3. The smallest absolute Gasteiger partial charge is 0.415 e. The minimum absolute atomic E-state index is 0.00374. The van der Waals surface area contributed by atoms with Crippen molar-refractivity contribution < 1.29 is 39.5 Å². The number of piperidine rings is 1. The van der Waals surface area contributed by atoms with Crippen molar-refractivity contribution >= 4 is 25.7 Å². The molecule has 12 nitrogen and oxygen atoms in total. The van der Waals surface area contributed by atoms with Gasteiger partial charge in [0.2, 0.25) is 10.0 Å². The molecule has 4 aliphatic rings. The number of nitrogens with two attached hydrogens (primary N) is 1. The summed E-state index contributed by atoms with van der Waals surface area (Å²) in [6, 6.07) is 4.49. The molecule has 1 aromatic carbocycles. The van der Waals surface area contributed by atoms with Crippen molar-refractivity contribution in [1.29, 1.82) is 0 Å². The third-order valence-electron chi connectivity index (χ3n) is 8.27. The molecule has 1 unspecified atom stereocenters. The summed E-state index contributed by atoms with van der Waals surface area (Å²) in [6.07, 6.45) is -0.958. The van der Waals surface area contributed by atoms with Crippen molar-refractivity contribution in [3.8, 4) is 5.75 Å². The minimum Gasteiger partial charge on any atom is -0.496 e. The van der Waals surface area contributed by atoms with Crippen LogP contribution in [0, 0.1) is 0 Å². The number of morpholine rings is 1. The van der Waals surface area contributed by atoms with E-state index in [9.17, 15) is 30.0 Å². The lowest BCUT2D eigenvalue weighted by atomic mass is 9.90. The number of benzene rings is 1. The van der Waals surface area contributed by atoms with Crippen LogP contribution in [0.1, 0.15) is 18.4 Å². The van der Waals surface area contributed by atoms with E-state index < -0.39 is 43.8 Å². The van der Waals surface area contributed by atoms with E-state index in [1.807, 2.05) is 0 Å². The summed E-state index contributed by atoms with van der Waals surface area (Å²) in [4.78, 5) is 6.36. The molecule has 2 saturated heterocycles. The third-order valence-corrected chi connectivity index (χ3v) is 11.1. The lowest BCUT2D eigenvalue weighted by Crippen LogP contribution is -2.56. The van der Waals surface area contributed by atoms with Crippen LogP contribution in [0.3, 0.4) is 0 Å². The van der Waals surface area contributed by atoms with Crippen LogP contribution in [0.2, 0.25) is 0 Å². The lowest BCUT2D eigenvalue weighted by molar-refractivity contribution is -0.0922. The summed E-state index contributed by atoms with van der Waals surface area (Å²) in [6.45, 7) is 2.91. The number of nitrogens with zero attached hydrogens (tertiary/aromatic N) is 3. The molecular formula is C27H37F3N6O6S2. The standard InChI is InChI=1S/C27H37F3N6O6S2/c1-41-23-15-19(44(39,40)36-8-5-18(6-9-36)35-10-12-42-13-11-35)3-4-20(23)26(31)16-22(32-7-14-43(2,37)38)24-21(27(28,29)30)17-33-25(24)34-26/h3-4,15-16,18,32H,5-14,17,31H2,1-2H3,(H,33,34). The molecule has 4 N–H and O–H groups in total. The normalized spacial score (nSPS) is 24.4. The molecule has 0 aromatic heterocycles. The van der Waals surface area contributed by atoms with Gasteiger partial charge in [0.1, 0.15) is 27.1 Å². The molecule has 0 saturated carbocycles. The van der Waals surface area contributed by atoms with E-state index >= 15 is 0 Å². The van der Waals surface area contributed by atoms with Gasteiger partial charge in [-0.2, -0.15) is 17.5 Å². The van der Waals surface area contributed by atoms with Crippen LogP contribution in [0.25, 0.3) is 0 Å². The maximum absolute atomic E-state index is 13.8. The van der Waals surface area contributed by atoms with Crippen LogP contribution in [0.5, 0.6) is 5.75 Å². The first-order valence-electron chi connectivity index (χ1n) is 14.2. The molecule has 0 spiro atoms. The van der Waals surface area contributed by atoms with Gasteiger partial charge >= 0.3 is 6.18 Å². The zero-order chi connectivity index (χ0) is 31.9. The number of fused-ring (bicyclic) bond motifs is 1. The van der Waals surface area contributed by atoms with Crippen LogP contribution in [-0.2, 0) is 30.3 Å². The van der Waals surface area contributed by atoms with Crippen molar-refractivity contribution in [2.45, 2.75) is 35.6 Å². The third kappa shape index (κ3) is 6.77. The van der Waals surface area contributed by atoms with Crippen molar-refractivity contribution in [3.63, 3.8) is 0 Å². The van der Waals surface area contributed by atoms with E-state index in [1.54, 1.807) is 0 Å². The van der Waals surface area contributed by atoms with Crippen LogP contribution < -0.4 is 21.1 Å². The molecule has 0 aliphatic carbocycles. The number of alkyl halides is 3. The van der Waals surface area contributed by atoms with E-state index in [2.05, 4.69) is 20.5 Å². The Hall–Kier alpha value is -2.70. The summed E-state index contributed by atoms with van der Waals surface area (Å²) in [5.74, 6) is -0.347. The Kier molecular flexibility index (Phi) is 9.10. The quantitative estimate of drug-likeness (QED) is 0.344. The average molecular weight is 663 g/mol. The molecule has 244 valence electrons. The molecule has 0 radical (unpaired) electrons. The van der Waals surface area contributed by atoms with Gasteiger partial charge in [0.05, 0.1) is 43.1 Å². The van der Waals surface area contributed by atoms with Crippen LogP contribution in [-0.4, -0.2) is 116 Å². The van der Waals surface area contributed by atoms with Gasteiger partial charge < -0.3 is 25.8 Å². The topological polar surface area (TPSA) is 156 Å². The molecule has 1 aromatic rings. The van der Waals surface area contributed by atoms with E-state index in [-0.39, 0.29) is 45.6 Å². The second kappa shape index (κ2) is 12.2. The van der Waals surface area contributed by atoms with Gasteiger partial charge in [-0.3, -0.25) is 9.89 Å². The summed E-state index contributed by atoms with van der Waals surface area (Å²) in [7, 11) is -5.96. The Morgan fingerprint density at radius 2 is 1.84 bits per heavy atom. The van der Waals surface area contributed by atoms with Crippen molar-refractivity contribution in [2.24, 2.45) is 10.7 Å². The number of aliphatic imine (C=N–C) groups is 1. The highest BCUT2D eigenvalue weighted by Gasteiger charge is 2.46. The number of nitrogens with one attached hydrogen (secondary N) is 2. The van der Waals surface area contributed by atoms with Gasteiger partial charge in [0.25, 0.3) is 0 Å². The van der Waals surface area contributed by atoms with Gasteiger partial charge in [-0.25, -0.2) is 16.8 Å². The largest absolute Gasteiger partial charge is 0.496 e. The highest BCUT2D eigenvalue weighted by atomic mass is 32.2. The number of hydrogen-bond acceptors (Lipinski definition) is 11. The number of rotatable bonds is 9. The van der Waals surface area contributed by atoms with Crippen molar-refractivity contribution in [2.75, 3.05) is 71.6 Å². The maximum Gasteiger partial charge on any atom is 0.415 e. The summed E-state index contributed by atoms with van der Waals surface area (Å²) >= 11 is 0. The molecule has 17 heteroatoms. The van der Waals surface area contributed by atoms with Crippen molar-refractivity contribution in [3.05, 3.63) is 46.7 Å². The van der Waals surface area contributed by atoms with Crippen LogP contribution >= 0.6 is 0 Å². The summed E-state index contributed by atoms with van der Waals surface area (Å²) < 4.78 is 105.